The second-order valence-electron chi connectivity index (χ2n) is 9.23. The molecule has 2 N–H and O–H groups in total. The van der Waals surface area contributed by atoms with Crippen molar-refractivity contribution in [2.75, 3.05) is 30.3 Å². The van der Waals surface area contributed by atoms with E-state index in [0.29, 0.717) is 24.7 Å². The first-order chi connectivity index (χ1) is 18.0. The fourth-order valence-corrected chi connectivity index (χ4v) is 4.42. The van der Waals surface area contributed by atoms with Gasteiger partial charge in [-0.2, -0.15) is 13.2 Å². The van der Waals surface area contributed by atoms with Gasteiger partial charge in [-0.25, -0.2) is 28.7 Å². The summed E-state index contributed by atoms with van der Waals surface area (Å²) in [5.74, 6) is -0.498. The van der Waals surface area contributed by atoms with E-state index in [-0.39, 0.29) is 30.0 Å². The summed E-state index contributed by atoms with van der Waals surface area (Å²) in [6, 6.07) is 4.48. The molecular weight excluding hydrogens is 505 g/mol. The smallest absolute Gasteiger partial charge is 0.359 e. The second-order valence-corrected chi connectivity index (χ2v) is 9.23. The highest BCUT2D eigenvalue weighted by Crippen LogP contribution is 2.34. The first-order valence-electron chi connectivity index (χ1n) is 12.2. The zero-order valence-electron chi connectivity index (χ0n) is 21.0. The molecule has 1 aliphatic rings. The number of likely N-dealkylation sites (tertiary alicyclic amines) is 1. The van der Waals surface area contributed by atoms with E-state index < -0.39 is 23.5 Å². The van der Waals surface area contributed by atoms with Crippen LogP contribution in [0.2, 0.25) is 0 Å². The van der Waals surface area contributed by atoms with Crippen molar-refractivity contribution < 1.29 is 22.0 Å². The van der Waals surface area contributed by atoms with Crippen LogP contribution in [0.3, 0.4) is 0 Å². The predicted molar refractivity (Wildman–Crippen MR) is 133 cm³/mol. The summed E-state index contributed by atoms with van der Waals surface area (Å²) < 4.78 is 67.0. The van der Waals surface area contributed by atoms with Crippen molar-refractivity contribution in [1.82, 2.24) is 24.8 Å². The number of para-hydroxylation sites is 1. The monoisotopic (exact) mass is 533 g/mol. The van der Waals surface area contributed by atoms with Crippen LogP contribution < -0.4 is 10.6 Å². The van der Waals surface area contributed by atoms with Gasteiger partial charge in [-0.15, -0.1) is 0 Å². The minimum atomic E-state index is -4.55. The third-order valence-electron chi connectivity index (χ3n) is 6.51. The lowest BCUT2D eigenvalue weighted by atomic mass is 9.87. The lowest BCUT2D eigenvalue weighted by Crippen LogP contribution is -2.35. The van der Waals surface area contributed by atoms with Gasteiger partial charge in [0, 0.05) is 43.9 Å². The van der Waals surface area contributed by atoms with Crippen molar-refractivity contribution in [1.29, 1.82) is 0 Å². The summed E-state index contributed by atoms with van der Waals surface area (Å²) in [5.41, 5.74) is 0.524. The largest absolute Gasteiger partial charge is 0.433 e. The number of halogens is 5. The van der Waals surface area contributed by atoms with Gasteiger partial charge in [0.2, 0.25) is 5.95 Å². The van der Waals surface area contributed by atoms with Crippen molar-refractivity contribution in [3.8, 4) is 0 Å². The molecule has 12 heteroatoms. The van der Waals surface area contributed by atoms with Crippen molar-refractivity contribution in [3.63, 3.8) is 0 Å². The van der Waals surface area contributed by atoms with Gasteiger partial charge in [0.15, 0.2) is 0 Å². The molecule has 0 radical (unpaired) electrons. The highest BCUT2D eigenvalue weighted by Gasteiger charge is 2.33. The lowest BCUT2D eigenvalue weighted by Gasteiger charge is -2.35. The average molecular weight is 534 g/mol. The maximum absolute atomic E-state index is 14.0. The van der Waals surface area contributed by atoms with E-state index >= 15 is 0 Å². The van der Waals surface area contributed by atoms with Gasteiger partial charge in [-0.1, -0.05) is 19.6 Å². The SMILES string of the molecule is C=C(Nc1c(F)cccc1F)N1CCC(c2nc(C)ncc2C(C)CNc2nccc(C(F)(F)F)n2)CC1. The number of benzene rings is 1. The van der Waals surface area contributed by atoms with Crippen LogP contribution in [-0.4, -0.2) is 44.5 Å². The highest BCUT2D eigenvalue weighted by atomic mass is 19.4. The van der Waals surface area contributed by atoms with E-state index in [9.17, 15) is 22.0 Å². The van der Waals surface area contributed by atoms with Crippen molar-refractivity contribution in [2.45, 2.75) is 44.7 Å². The minimum Gasteiger partial charge on any atom is -0.359 e. The molecule has 1 aromatic carbocycles. The molecule has 38 heavy (non-hydrogen) atoms. The second kappa shape index (κ2) is 11.3. The number of hydrogen-bond acceptors (Lipinski definition) is 7. The molecule has 1 fully saturated rings. The summed E-state index contributed by atoms with van der Waals surface area (Å²) in [7, 11) is 0. The zero-order chi connectivity index (χ0) is 27.4. The summed E-state index contributed by atoms with van der Waals surface area (Å²) in [6.07, 6.45) is -0.283. The normalized spacial score (nSPS) is 15.3. The van der Waals surface area contributed by atoms with Crippen LogP contribution in [0.1, 0.15) is 54.4 Å². The van der Waals surface area contributed by atoms with Gasteiger partial charge < -0.3 is 15.5 Å². The Kier molecular flexibility index (Phi) is 8.08. The number of rotatable bonds is 8. The maximum atomic E-state index is 14.0. The third kappa shape index (κ3) is 6.35. The minimum absolute atomic E-state index is 0.105. The molecule has 4 rings (SSSR count). The molecule has 2 aromatic heterocycles. The molecule has 1 aliphatic heterocycles. The maximum Gasteiger partial charge on any atom is 0.433 e. The number of nitrogens with zero attached hydrogens (tertiary/aromatic N) is 5. The number of hydrogen-bond donors (Lipinski definition) is 2. The zero-order valence-corrected chi connectivity index (χ0v) is 21.0. The first kappa shape index (κ1) is 27.2. The number of piperidine rings is 1. The van der Waals surface area contributed by atoms with Crippen LogP contribution in [0.25, 0.3) is 0 Å². The Balaban J connectivity index is 1.41. The average Bonchev–Trinajstić information content (AvgIpc) is 2.89. The summed E-state index contributed by atoms with van der Waals surface area (Å²) in [5, 5.41) is 5.64. The molecule has 1 saturated heterocycles. The summed E-state index contributed by atoms with van der Waals surface area (Å²) in [4.78, 5) is 18.4. The Hall–Kier alpha value is -3.83. The van der Waals surface area contributed by atoms with Gasteiger partial charge in [-0.3, -0.25) is 0 Å². The molecule has 0 spiro atoms. The van der Waals surface area contributed by atoms with E-state index in [0.717, 1.165) is 36.4 Å². The molecule has 0 aliphatic carbocycles. The van der Waals surface area contributed by atoms with Gasteiger partial charge in [0.05, 0.1) is 11.5 Å². The molecule has 202 valence electrons. The Labute approximate surface area is 217 Å². The molecule has 1 atom stereocenters. The third-order valence-corrected chi connectivity index (χ3v) is 6.51. The van der Waals surface area contributed by atoms with Crippen molar-refractivity contribution in [3.05, 3.63) is 83.5 Å². The fourth-order valence-electron chi connectivity index (χ4n) is 4.42. The number of alkyl halides is 3. The number of aryl methyl sites for hydroxylation is 1. The number of aromatic nitrogens is 4. The van der Waals surface area contributed by atoms with E-state index in [2.05, 4.69) is 32.2 Å². The summed E-state index contributed by atoms with van der Waals surface area (Å²) >= 11 is 0. The molecular formula is C26H28F5N7. The molecule has 3 aromatic rings. The van der Waals surface area contributed by atoms with Gasteiger partial charge in [0.1, 0.15) is 28.8 Å². The highest BCUT2D eigenvalue weighted by molar-refractivity contribution is 5.50. The fraction of sp³-hybridized carbons (Fsp3) is 0.385. The van der Waals surface area contributed by atoms with E-state index in [1.165, 1.54) is 18.2 Å². The molecule has 7 nitrogen and oxygen atoms in total. The predicted octanol–water partition coefficient (Wildman–Crippen LogP) is 5.85. The quantitative estimate of drug-likeness (QED) is 0.352. The summed E-state index contributed by atoms with van der Waals surface area (Å²) in [6.45, 7) is 9.17. The molecule has 0 saturated carbocycles. The Morgan fingerprint density at radius 2 is 1.79 bits per heavy atom. The van der Waals surface area contributed by atoms with Crippen LogP contribution in [-0.2, 0) is 6.18 Å². The molecule has 0 bridgehead atoms. The van der Waals surface area contributed by atoms with Crippen LogP contribution in [0, 0.1) is 18.6 Å². The van der Waals surface area contributed by atoms with Crippen LogP contribution in [0.15, 0.2) is 49.1 Å². The standard InChI is InChI=1S/C26H28F5N7/c1-15(13-34-25-32-10-7-22(37-25)26(29,30)31)19-14-33-16(2)35-23(19)18-8-11-38(12-9-18)17(3)36-24-20(27)5-4-6-21(24)28/h4-7,10,14-15,18,36H,3,8-9,11-13H2,1-2H3,(H,32,34,37). The number of nitrogens with one attached hydrogen (secondary N) is 2. The molecule has 3 heterocycles. The van der Waals surface area contributed by atoms with Gasteiger partial charge >= 0.3 is 6.18 Å². The van der Waals surface area contributed by atoms with Gasteiger partial charge in [0.25, 0.3) is 0 Å². The topological polar surface area (TPSA) is 78.9 Å². The number of anilines is 2. The van der Waals surface area contributed by atoms with Crippen LogP contribution in [0.4, 0.5) is 33.6 Å². The van der Waals surface area contributed by atoms with E-state index in [1.54, 1.807) is 13.1 Å². The lowest BCUT2D eigenvalue weighted by molar-refractivity contribution is -0.141. The van der Waals surface area contributed by atoms with Crippen LogP contribution in [0.5, 0.6) is 0 Å². The Morgan fingerprint density at radius 3 is 2.45 bits per heavy atom. The first-order valence-corrected chi connectivity index (χ1v) is 12.2. The molecule has 0 amide bonds. The Morgan fingerprint density at radius 1 is 1.11 bits per heavy atom. The van der Waals surface area contributed by atoms with E-state index in [4.69, 9.17) is 4.98 Å². The van der Waals surface area contributed by atoms with E-state index in [1.807, 2.05) is 11.8 Å². The molecule has 1 unspecified atom stereocenters. The van der Waals surface area contributed by atoms with Crippen molar-refractivity contribution in [2.24, 2.45) is 0 Å². The van der Waals surface area contributed by atoms with Gasteiger partial charge in [-0.05, 0) is 43.5 Å². The van der Waals surface area contributed by atoms with Crippen molar-refractivity contribution >= 4 is 11.6 Å². The van der Waals surface area contributed by atoms with Crippen LogP contribution >= 0.6 is 0 Å². The Bertz CT molecular complexity index is 1270.